The van der Waals surface area contributed by atoms with Gasteiger partial charge in [-0.15, -0.1) is 11.3 Å². The third kappa shape index (κ3) is 5.51. The van der Waals surface area contributed by atoms with E-state index in [2.05, 4.69) is 34.6 Å². The smallest absolute Gasteiger partial charge is 0.407 e. The number of hydrogen-bond acceptors (Lipinski definition) is 6. The number of carboxylic acids is 1. The number of amides is 2. The quantitative estimate of drug-likeness (QED) is 0.454. The molecule has 0 bridgehead atoms. The molecule has 0 atom stereocenters. The number of carbonyl (C=O) groups is 3. The molecule has 182 valence electrons. The molecule has 1 heterocycles. The van der Waals surface area contributed by atoms with Crippen LogP contribution in [0, 0.1) is 0 Å². The number of benzene rings is 2. The van der Waals surface area contributed by atoms with Gasteiger partial charge in [-0.2, -0.15) is 0 Å². The minimum absolute atomic E-state index is 0.0231. The van der Waals surface area contributed by atoms with Gasteiger partial charge in [-0.1, -0.05) is 48.5 Å². The maximum Gasteiger partial charge on any atom is 0.407 e. The first-order valence-electron chi connectivity index (χ1n) is 11.4. The van der Waals surface area contributed by atoms with Crippen molar-refractivity contribution in [2.45, 2.75) is 38.8 Å². The molecule has 9 heteroatoms. The second-order valence-corrected chi connectivity index (χ2v) is 9.65. The van der Waals surface area contributed by atoms with E-state index in [1.165, 1.54) is 22.4 Å². The first-order valence-corrected chi connectivity index (χ1v) is 12.2. The summed E-state index contributed by atoms with van der Waals surface area (Å²) in [5.41, 5.74) is 4.61. The van der Waals surface area contributed by atoms with Crippen molar-refractivity contribution in [1.82, 2.24) is 15.2 Å². The molecule has 1 aliphatic carbocycles. The molecule has 2 amide bonds. The highest BCUT2D eigenvalue weighted by molar-refractivity contribution is 7.13. The van der Waals surface area contributed by atoms with Crippen molar-refractivity contribution < 1.29 is 24.2 Å². The van der Waals surface area contributed by atoms with E-state index < -0.39 is 12.1 Å². The van der Waals surface area contributed by atoms with Gasteiger partial charge in [0.05, 0.1) is 19.2 Å². The maximum absolute atomic E-state index is 12.8. The summed E-state index contributed by atoms with van der Waals surface area (Å²) in [5.74, 6) is -1.25. The van der Waals surface area contributed by atoms with Gasteiger partial charge < -0.3 is 20.1 Å². The van der Waals surface area contributed by atoms with E-state index in [-0.39, 0.29) is 44.0 Å². The van der Waals surface area contributed by atoms with Crippen molar-refractivity contribution in [3.8, 4) is 11.1 Å². The molecular weight excluding hydrogens is 466 g/mol. The molecule has 0 aliphatic heterocycles. The Morgan fingerprint density at radius 2 is 1.71 bits per heavy atom. The van der Waals surface area contributed by atoms with Gasteiger partial charge in [0.1, 0.15) is 16.5 Å². The molecule has 0 radical (unpaired) electrons. The number of hydrogen-bond donors (Lipinski definition) is 2. The molecule has 1 aliphatic rings. The number of fused-ring (bicyclic) bond motifs is 3. The van der Waals surface area contributed by atoms with E-state index in [0.717, 1.165) is 22.3 Å². The topological polar surface area (TPSA) is 109 Å². The number of alkyl carbamates (subject to hydrolysis) is 1. The van der Waals surface area contributed by atoms with E-state index in [4.69, 9.17) is 9.84 Å². The number of nitrogens with zero attached hydrogens (tertiary/aromatic N) is 2. The third-order valence-electron chi connectivity index (χ3n) is 5.94. The molecule has 2 aromatic carbocycles. The largest absolute Gasteiger partial charge is 0.481 e. The summed E-state index contributed by atoms with van der Waals surface area (Å²) in [6.45, 7) is 4.14. The summed E-state index contributed by atoms with van der Waals surface area (Å²) >= 11 is 1.17. The Balaban J connectivity index is 1.32. The van der Waals surface area contributed by atoms with Crippen molar-refractivity contribution in [2.24, 2.45) is 0 Å². The molecule has 35 heavy (non-hydrogen) atoms. The predicted octanol–water partition coefficient (Wildman–Crippen LogP) is 4.51. The highest BCUT2D eigenvalue weighted by Gasteiger charge is 2.29. The fourth-order valence-electron chi connectivity index (χ4n) is 4.24. The molecular formula is C26H27N3O5S. The lowest BCUT2D eigenvalue weighted by molar-refractivity contribution is -0.137. The summed E-state index contributed by atoms with van der Waals surface area (Å²) in [5, 5.41) is 12.2. The van der Waals surface area contributed by atoms with Crippen LogP contribution in [0.15, 0.2) is 54.7 Å². The zero-order valence-corrected chi connectivity index (χ0v) is 20.4. The normalized spacial score (nSPS) is 12.2. The second kappa shape index (κ2) is 10.7. The van der Waals surface area contributed by atoms with Crippen LogP contribution in [0.4, 0.5) is 4.79 Å². The monoisotopic (exact) mass is 493 g/mol. The Bertz CT molecular complexity index is 1190. The molecule has 0 fully saturated rings. The lowest BCUT2D eigenvalue weighted by atomic mass is 9.98. The van der Waals surface area contributed by atoms with E-state index in [1.807, 2.05) is 38.1 Å². The van der Waals surface area contributed by atoms with Crippen LogP contribution in [0.25, 0.3) is 11.1 Å². The standard InChI is InChI=1S/C26H27N3O5S/c1-16(2)29(12-11-24(30)31)25(32)22-13-27-23(35-22)14-28-26(33)34-15-21-19-9-5-3-7-17(19)18-8-4-6-10-20(18)21/h3-10,13,16,21H,11-12,14-15H2,1-2H3,(H,28,33)(H,30,31). The molecule has 3 aromatic rings. The van der Waals surface area contributed by atoms with E-state index in [1.54, 1.807) is 0 Å². The Morgan fingerprint density at radius 3 is 2.31 bits per heavy atom. The first-order chi connectivity index (χ1) is 16.8. The molecule has 4 rings (SSSR count). The fraction of sp³-hybridized carbons (Fsp3) is 0.308. The predicted molar refractivity (Wildman–Crippen MR) is 132 cm³/mol. The van der Waals surface area contributed by atoms with Crippen LogP contribution >= 0.6 is 11.3 Å². The summed E-state index contributed by atoms with van der Waals surface area (Å²) in [4.78, 5) is 42.2. The van der Waals surface area contributed by atoms with E-state index in [9.17, 15) is 14.4 Å². The van der Waals surface area contributed by atoms with Gasteiger partial charge >= 0.3 is 12.1 Å². The fourth-order valence-corrected chi connectivity index (χ4v) is 5.05. The number of thiazole rings is 1. The van der Waals surface area contributed by atoms with Crippen molar-refractivity contribution >= 4 is 29.3 Å². The van der Waals surface area contributed by atoms with E-state index in [0.29, 0.717) is 9.88 Å². The number of nitrogens with one attached hydrogen (secondary N) is 1. The first kappa shape index (κ1) is 24.4. The highest BCUT2D eigenvalue weighted by atomic mass is 32.1. The van der Waals surface area contributed by atoms with Crippen LogP contribution in [0.1, 0.15) is 52.0 Å². The molecule has 0 spiro atoms. The van der Waals surface area contributed by atoms with Crippen molar-refractivity contribution in [1.29, 1.82) is 0 Å². The second-order valence-electron chi connectivity index (χ2n) is 8.53. The van der Waals surface area contributed by atoms with Gasteiger partial charge in [-0.25, -0.2) is 9.78 Å². The van der Waals surface area contributed by atoms with Gasteiger partial charge in [0.2, 0.25) is 0 Å². The average molecular weight is 494 g/mol. The lowest BCUT2D eigenvalue weighted by Crippen LogP contribution is -2.38. The SMILES string of the molecule is CC(C)N(CCC(=O)O)C(=O)c1cnc(CNC(=O)OCC2c3ccccc3-c3ccccc32)s1. The van der Waals surface area contributed by atoms with Gasteiger partial charge in [-0.05, 0) is 36.1 Å². The van der Waals surface area contributed by atoms with Gasteiger partial charge in [-0.3, -0.25) is 9.59 Å². The van der Waals surface area contributed by atoms with Crippen LogP contribution in [0.2, 0.25) is 0 Å². The highest BCUT2D eigenvalue weighted by Crippen LogP contribution is 2.44. The Morgan fingerprint density at radius 1 is 1.09 bits per heavy atom. The zero-order valence-electron chi connectivity index (χ0n) is 19.6. The van der Waals surface area contributed by atoms with Gasteiger partial charge in [0.15, 0.2) is 0 Å². The molecule has 0 unspecified atom stereocenters. The van der Waals surface area contributed by atoms with Crippen LogP contribution in [-0.2, 0) is 16.1 Å². The van der Waals surface area contributed by atoms with E-state index >= 15 is 0 Å². The number of ether oxygens (including phenoxy) is 1. The zero-order chi connectivity index (χ0) is 24.9. The minimum atomic E-state index is -0.958. The molecule has 2 N–H and O–H groups in total. The molecule has 8 nitrogen and oxygen atoms in total. The van der Waals surface area contributed by atoms with Crippen LogP contribution in [0.5, 0.6) is 0 Å². The Kier molecular flexibility index (Phi) is 7.45. The summed E-state index contributed by atoms with van der Waals surface area (Å²) in [7, 11) is 0. The maximum atomic E-state index is 12.8. The van der Waals surface area contributed by atoms with Crippen LogP contribution in [0.3, 0.4) is 0 Å². The molecule has 0 saturated heterocycles. The van der Waals surface area contributed by atoms with Crippen LogP contribution < -0.4 is 5.32 Å². The summed E-state index contributed by atoms with van der Waals surface area (Å²) < 4.78 is 5.54. The molecule has 1 aromatic heterocycles. The summed E-state index contributed by atoms with van der Waals surface area (Å²) in [6.07, 6.45) is 0.775. The van der Waals surface area contributed by atoms with Gasteiger partial charge in [0, 0.05) is 18.5 Å². The number of carbonyl (C=O) groups excluding carboxylic acids is 2. The molecule has 0 saturated carbocycles. The lowest BCUT2D eigenvalue weighted by Gasteiger charge is -2.25. The Labute approximate surface area is 207 Å². The van der Waals surface area contributed by atoms with Crippen molar-refractivity contribution in [3.05, 3.63) is 75.7 Å². The number of aromatic nitrogens is 1. The van der Waals surface area contributed by atoms with Gasteiger partial charge in [0.25, 0.3) is 5.91 Å². The third-order valence-corrected chi connectivity index (χ3v) is 6.93. The van der Waals surface area contributed by atoms with Crippen molar-refractivity contribution in [3.63, 3.8) is 0 Å². The average Bonchev–Trinajstić information content (AvgIpc) is 3.44. The summed E-state index contributed by atoms with van der Waals surface area (Å²) in [6, 6.07) is 16.1. The number of aliphatic carboxylic acids is 1. The number of carboxylic acid groups (broad SMARTS) is 1. The minimum Gasteiger partial charge on any atom is -0.481 e. The van der Waals surface area contributed by atoms with Crippen molar-refractivity contribution in [2.75, 3.05) is 13.2 Å². The number of rotatable bonds is 9. The Hall–Kier alpha value is -3.72. The van der Waals surface area contributed by atoms with Crippen LogP contribution in [-0.4, -0.2) is 52.2 Å².